The molecule has 6 nitrogen and oxygen atoms in total. The standard InChI is InChI=1S/C21H35N5O.HI/c1-3-23-21(24-10-5-19-4-9-22-14-17(19)2)25-20-6-11-26(12-7-20)15-18-8-13-27-16-18;/h4,9,14,18,20H,3,5-8,10-13,15-16H2,1-2H3,(H2,23,24,25);1H. The van der Waals surface area contributed by atoms with Crippen molar-refractivity contribution in [2.24, 2.45) is 10.9 Å². The Hall–Kier alpha value is -0.930. The molecule has 2 aliphatic heterocycles. The maximum atomic E-state index is 5.51. The summed E-state index contributed by atoms with van der Waals surface area (Å²) in [5.74, 6) is 1.69. The molecule has 0 spiro atoms. The summed E-state index contributed by atoms with van der Waals surface area (Å²) in [6, 6.07) is 2.61. The van der Waals surface area contributed by atoms with Crippen LogP contribution in [-0.2, 0) is 11.2 Å². The number of halogens is 1. The highest BCUT2D eigenvalue weighted by molar-refractivity contribution is 14.0. The number of pyridine rings is 1. The van der Waals surface area contributed by atoms with Crippen LogP contribution < -0.4 is 10.6 Å². The van der Waals surface area contributed by atoms with Crippen molar-refractivity contribution in [1.29, 1.82) is 0 Å². The maximum Gasteiger partial charge on any atom is 0.191 e. The lowest BCUT2D eigenvalue weighted by molar-refractivity contribution is 0.150. The van der Waals surface area contributed by atoms with Crippen LogP contribution in [0.2, 0.25) is 0 Å². The van der Waals surface area contributed by atoms with Gasteiger partial charge in [0.1, 0.15) is 0 Å². The highest BCUT2D eigenvalue weighted by atomic mass is 127. The van der Waals surface area contributed by atoms with Crippen molar-refractivity contribution in [3.05, 3.63) is 29.6 Å². The summed E-state index contributed by atoms with van der Waals surface area (Å²) in [6.45, 7) is 11.4. The van der Waals surface area contributed by atoms with Crippen LogP contribution in [0.4, 0.5) is 0 Å². The lowest BCUT2D eigenvalue weighted by atomic mass is 10.0. The Labute approximate surface area is 186 Å². The topological polar surface area (TPSA) is 61.8 Å². The van der Waals surface area contributed by atoms with E-state index in [1.54, 1.807) is 0 Å². The molecule has 2 N–H and O–H groups in total. The Morgan fingerprint density at radius 1 is 1.32 bits per heavy atom. The van der Waals surface area contributed by atoms with Crippen LogP contribution in [-0.4, -0.2) is 67.8 Å². The molecule has 0 aliphatic carbocycles. The van der Waals surface area contributed by atoms with Gasteiger partial charge in [0.2, 0.25) is 0 Å². The quantitative estimate of drug-likeness (QED) is 0.342. The lowest BCUT2D eigenvalue weighted by Gasteiger charge is -2.34. The molecule has 2 saturated heterocycles. The fraction of sp³-hybridized carbons (Fsp3) is 0.714. The van der Waals surface area contributed by atoms with E-state index in [0.717, 1.165) is 44.6 Å². The smallest absolute Gasteiger partial charge is 0.191 e. The van der Waals surface area contributed by atoms with E-state index in [4.69, 9.17) is 9.73 Å². The Kier molecular flexibility index (Phi) is 10.5. The van der Waals surface area contributed by atoms with Gasteiger partial charge in [-0.3, -0.25) is 9.98 Å². The van der Waals surface area contributed by atoms with Crippen molar-refractivity contribution in [1.82, 2.24) is 20.5 Å². The number of aryl methyl sites for hydroxylation is 1. The number of ether oxygens (including phenoxy) is 1. The van der Waals surface area contributed by atoms with E-state index in [0.29, 0.717) is 6.04 Å². The summed E-state index contributed by atoms with van der Waals surface area (Å²) in [4.78, 5) is 11.6. The van der Waals surface area contributed by atoms with E-state index in [-0.39, 0.29) is 24.0 Å². The number of hydrogen-bond acceptors (Lipinski definition) is 4. The van der Waals surface area contributed by atoms with Gasteiger partial charge < -0.3 is 20.3 Å². The van der Waals surface area contributed by atoms with E-state index >= 15 is 0 Å². The van der Waals surface area contributed by atoms with E-state index in [1.165, 1.54) is 50.0 Å². The van der Waals surface area contributed by atoms with Gasteiger partial charge in [-0.1, -0.05) is 0 Å². The zero-order valence-electron chi connectivity index (χ0n) is 17.3. The van der Waals surface area contributed by atoms with Gasteiger partial charge in [0.15, 0.2) is 5.96 Å². The largest absolute Gasteiger partial charge is 0.381 e. The molecule has 1 aromatic heterocycles. The highest BCUT2D eigenvalue weighted by Crippen LogP contribution is 2.17. The number of nitrogens with one attached hydrogen (secondary N) is 2. The highest BCUT2D eigenvalue weighted by Gasteiger charge is 2.24. The van der Waals surface area contributed by atoms with Crippen LogP contribution in [0.15, 0.2) is 23.5 Å². The van der Waals surface area contributed by atoms with E-state index < -0.39 is 0 Å². The van der Waals surface area contributed by atoms with Crippen molar-refractivity contribution < 1.29 is 4.74 Å². The molecular weight excluding hydrogens is 465 g/mol. The molecular formula is C21H36IN5O. The van der Waals surface area contributed by atoms with Crippen molar-refractivity contribution in [2.75, 3.05) is 45.9 Å². The lowest BCUT2D eigenvalue weighted by Crippen LogP contribution is -2.49. The zero-order valence-corrected chi connectivity index (χ0v) is 19.7. The van der Waals surface area contributed by atoms with E-state index in [2.05, 4.69) is 40.4 Å². The molecule has 3 rings (SSSR count). The third-order valence-electron chi connectivity index (χ3n) is 5.60. The van der Waals surface area contributed by atoms with E-state index in [9.17, 15) is 0 Å². The van der Waals surface area contributed by atoms with Gasteiger partial charge in [-0.15, -0.1) is 24.0 Å². The van der Waals surface area contributed by atoms with Crippen LogP contribution in [0.5, 0.6) is 0 Å². The predicted octanol–water partition coefficient (Wildman–Crippen LogP) is 2.61. The summed E-state index contributed by atoms with van der Waals surface area (Å²) in [7, 11) is 0. The fourth-order valence-corrected chi connectivity index (χ4v) is 3.94. The number of hydrogen-bond donors (Lipinski definition) is 2. The summed E-state index contributed by atoms with van der Waals surface area (Å²) in [5, 5.41) is 7.04. The third-order valence-corrected chi connectivity index (χ3v) is 5.60. The van der Waals surface area contributed by atoms with E-state index in [1.807, 2.05) is 12.4 Å². The molecule has 0 amide bonds. The Balaban J connectivity index is 0.00000280. The van der Waals surface area contributed by atoms with Gasteiger partial charge in [-0.2, -0.15) is 0 Å². The first-order chi connectivity index (χ1) is 13.2. The normalized spacial score (nSPS) is 21.4. The van der Waals surface area contributed by atoms with Crippen molar-refractivity contribution in [3.8, 4) is 0 Å². The first-order valence-electron chi connectivity index (χ1n) is 10.5. The molecule has 158 valence electrons. The van der Waals surface area contributed by atoms with Crippen LogP contribution in [0, 0.1) is 12.8 Å². The number of nitrogens with zero attached hydrogens (tertiary/aromatic N) is 3. The van der Waals surface area contributed by atoms with Crippen LogP contribution in [0.25, 0.3) is 0 Å². The van der Waals surface area contributed by atoms with Gasteiger partial charge in [0, 0.05) is 57.8 Å². The zero-order chi connectivity index (χ0) is 18.9. The summed E-state index contributed by atoms with van der Waals surface area (Å²) in [5.41, 5.74) is 2.57. The SMILES string of the molecule is CCNC(=NCCc1ccncc1C)NC1CCN(CC2CCOC2)CC1.I. The first-order valence-corrected chi connectivity index (χ1v) is 10.5. The van der Waals surface area contributed by atoms with Gasteiger partial charge in [-0.05, 0) is 62.6 Å². The van der Waals surface area contributed by atoms with Gasteiger partial charge >= 0.3 is 0 Å². The number of rotatable bonds is 7. The molecule has 2 fully saturated rings. The summed E-state index contributed by atoms with van der Waals surface area (Å²) < 4.78 is 5.51. The fourth-order valence-electron chi connectivity index (χ4n) is 3.94. The van der Waals surface area contributed by atoms with Crippen molar-refractivity contribution in [2.45, 2.75) is 45.6 Å². The number of aliphatic imine (C=N–C) groups is 1. The minimum absolute atomic E-state index is 0. The minimum atomic E-state index is 0. The molecule has 7 heteroatoms. The van der Waals surface area contributed by atoms with Crippen molar-refractivity contribution >= 4 is 29.9 Å². The maximum absolute atomic E-state index is 5.51. The molecule has 1 atom stereocenters. The number of piperidine rings is 1. The van der Waals surface area contributed by atoms with Gasteiger partial charge in [-0.25, -0.2) is 0 Å². The van der Waals surface area contributed by atoms with Crippen LogP contribution in [0.1, 0.15) is 37.3 Å². The third kappa shape index (κ3) is 7.48. The molecule has 0 saturated carbocycles. The number of likely N-dealkylation sites (tertiary alicyclic amines) is 1. The molecule has 2 aliphatic rings. The molecule has 0 bridgehead atoms. The van der Waals surface area contributed by atoms with Gasteiger partial charge in [0.05, 0.1) is 6.61 Å². The van der Waals surface area contributed by atoms with Crippen molar-refractivity contribution in [3.63, 3.8) is 0 Å². The van der Waals surface area contributed by atoms with Gasteiger partial charge in [0.25, 0.3) is 0 Å². The summed E-state index contributed by atoms with van der Waals surface area (Å²) in [6.07, 6.45) is 8.33. The number of guanidine groups is 1. The number of aromatic nitrogens is 1. The average Bonchev–Trinajstić information content (AvgIpc) is 3.18. The Morgan fingerprint density at radius 3 is 2.82 bits per heavy atom. The monoisotopic (exact) mass is 501 g/mol. The molecule has 3 heterocycles. The molecule has 0 aromatic carbocycles. The van der Waals surface area contributed by atoms with Crippen LogP contribution in [0.3, 0.4) is 0 Å². The second-order valence-corrected chi connectivity index (χ2v) is 7.76. The average molecular weight is 501 g/mol. The molecule has 0 radical (unpaired) electrons. The Morgan fingerprint density at radius 2 is 2.14 bits per heavy atom. The molecule has 1 unspecified atom stereocenters. The molecule has 1 aromatic rings. The Bertz CT molecular complexity index is 598. The second kappa shape index (κ2) is 12.6. The first kappa shape index (κ1) is 23.3. The van der Waals surface area contributed by atoms with Crippen LogP contribution >= 0.6 is 24.0 Å². The predicted molar refractivity (Wildman–Crippen MR) is 126 cm³/mol. The summed E-state index contributed by atoms with van der Waals surface area (Å²) >= 11 is 0. The molecule has 28 heavy (non-hydrogen) atoms. The minimum Gasteiger partial charge on any atom is -0.381 e. The second-order valence-electron chi connectivity index (χ2n) is 7.76.